The van der Waals surface area contributed by atoms with Gasteiger partial charge in [0.15, 0.2) is 0 Å². The van der Waals surface area contributed by atoms with Gasteiger partial charge in [-0.25, -0.2) is 9.78 Å². The lowest BCUT2D eigenvalue weighted by Crippen LogP contribution is -2.47. The zero-order chi connectivity index (χ0) is 20.3. The molecule has 2 aromatic rings. The van der Waals surface area contributed by atoms with Gasteiger partial charge in [-0.15, -0.1) is 23.1 Å². The van der Waals surface area contributed by atoms with Crippen LogP contribution in [0.4, 0.5) is 4.79 Å². The molecule has 2 aromatic heterocycles. The fourth-order valence-electron chi connectivity index (χ4n) is 3.33. The zero-order valence-corrected chi connectivity index (χ0v) is 18.0. The number of carbonyl (C=O) groups excluding carboxylic acids is 2. The number of carbonyl (C=O) groups is 2. The highest BCUT2D eigenvalue weighted by Gasteiger charge is 2.20. The highest BCUT2D eigenvalue weighted by molar-refractivity contribution is 7.99. The fourth-order valence-corrected chi connectivity index (χ4v) is 5.13. The minimum Gasteiger partial charge on any atom is -0.335 e. The van der Waals surface area contributed by atoms with Crippen LogP contribution in [0.5, 0.6) is 0 Å². The van der Waals surface area contributed by atoms with Gasteiger partial charge >= 0.3 is 6.03 Å². The molecule has 28 heavy (non-hydrogen) atoms. The van der Waals surface area contributed by atoms with Crippen LogP contribution < -0.4 is 16.2 Å². The molecule has 2 heterocycles. The number of hydrogen-bond acceptors (Lipinski definition) is 6. The van der Waals surface area contributed by atoms with E-state index in [1.165, 1.54) is 29.5 Å². The molecule has 3 amide bonds. The van der Waals surface area contributed by atoms with Crippen molar-refractivity contribution in [2.75, 3.05) is 0 Å². The molecule has 0 aromatic carbocycles. The van der Waals surface area contributed by atoms with E-state index in [1.54, 1.807) is 6.92 Å². The third kappa shape index (κ3) is 4.94. The average Bonchev–Trinajstić information content (AvgIpc) is 2.94. The number of hydrogen-bond donors (Lipinski definition) is 3. The summed E-state index contributed by atoms with van der Waals surface area (Å²) in [6.07, 6.45) is 5.37. The van der Waals surface area contributed by atoms with E-state index in [4.69, 9.17) is 0 Å². The van der Waals surface area contributed by atoms with Gasteiger partial charge in [-0.3, -0.25) is 14.9 Å². The number of aromatic nitrogens is 2. The monoisotopic (exact) mass is 422 g/mol. The van der Waals surface area contributed by atoms with Gasteiger partial charge in [0.1, 0.15) is 10.7 Å². The van der Waals surface area contributed by atoms with Crippen molar-refractivity contribution in [3.05, 3.63) is 26.6 Å². The molecule has 152 valence electrons. The first kappa shape index (κ1) is 20.9. The quantitative estimate of drug-likeness (QED) is 0.685. The van der Waals surface area contributed by atoms with Crippen LogP contribution in [0.2, 0.25) is 0 Å². The standard InChI is InChI=1S/C19H26N4O3S2/c1-10-11(2)28-18-15(10)17(25)21-14(22-18)9-27-12(3)16(24)23-19(26)20-13-7-5-4-6-8-13/h12-13H,4-9H2,1-3H3,(H,21,22,25)(H2,20,23,24,26)/t12-/m0/s1. The molecule has 1 fully saturated rings. The summed E-state index contributed by atoms with van der Waals surface area (Å²) in [6.45, 7) is 5.63. The molecule has 1 atom stereocenters. The number of amides is 3. The first-order valence-electron chi connectivity index (χ1n) is 9.57. The highest BCUT2D eigenvalue weighted by Crippen LogP contribution is 2.26. The Hall–Kier alpha value is -1.87. The minimum atomic E-state index is -0.440. The van der Waals surface area contributed by atoms with Crippen LogP contribution in [0.1, 0.15) is 55.3 Å². The van der Waals surface area contributed by atoms with E-state index in [1.807, 2.05) is 13.8 Å². The number of aromatic amines is 1. The van der Waals surface area contributed by atoms with Gasteiger partial charge in [-0.2, -0.15) is 0 Å². The molecule has 7 nitrogen and oxygen atoms in total. The normalized spacial score (nSPS) is 16.1. The smallest absolute Gasteiger partial charge is 0.321 e. The van der Waals surface area contributed by atoms with Crippen LogP contribution in [0.3, 0.4) is 0 Å². The summed E-state index contributed by atoms with van der Waals surface area (Å²) in [4.78, 5) is 45.7. The van der Waals surface area contributed by atoms with E-state index in [0.29, 0.717) is 17.0 Å². The molecule has 0 aliphatic heterocycles. The summed E-state index contributed by atoms with van der Waals surface area (Å²) in [5, 5.41) is 5.49. The van der Waals surface area contributed by atoms with Crippen LogP contribution in [0.15, 0.2) is 4.79 Å². The third-order valence-electron chi connectivity index (χ3n) is 5.10. The molecular weight excluding hydrogens is 396 g/mol. The van der Waals surface area contributed by atoms with Gasteiger partial charge in [-0.1, -0.05) is 19.3 Å². The Morgan fingerprint density at radius 1 is 1.29 bits per heavy atom. The largest absolute Gasteiger partial charge is 0.335 e. The Kier molecular flexibility index (Phi) is 6.77. The number of imide groups is 1. The number of thioether (sulfide) groups is 1. The summed E-state index contributed by atoms with van der Waals surface area (Å²) < 4.78 is 0. The number of H-pyrrole nitrogens is 1. The van der Waals surface area contributed by atoms with E-state index < -0.39 is 11.3 Å². The van der Waals surface area contributed by atoms with Gasteiger partial charge in [0, 0.05) is 10.9 Å². The molecule has 0 spiro atoms. The molecule has 1 aliphatic carbocycles. The SMILES string of the molecule is Cc1sc2nc(CS[C@@H](C)C(=O)NC(=O)NC3CCCCC3)[nH]c(=O)c2c1C. The minimum absolute atomic E-state index is 0.147. The van der Waals surface area contributed by atoms with Crippen molar-refractivity contribution >= 4 is 45.3 Å². The van der Waals surface area contributed by atoms with E-state index >= 15 is 0 Å². The summed E-state index contributed by atoms with van der Waals surface area (Å²) >= 11 is 2.83. The van der Waals surface area contributed by atoms with Gasteiger partial charge in [0.25, 0.3) is 5.56 Å². The predicted molar refractivity (Wildman–Crippen MR) is 114 cm³/mol. The van der Waals surface area contributed by atoms with Crippen molar-refractivity contribution in [3.8, 4) is 0 Å². The number of rotatable bonds is 5. The first-order valence-corrected chi connectivity index (χ1v) is 11.4. The lowest BCUT2D eigenvalue weighted by Gasteiger charge is -2.23. The predicted octanol–water partition coefficient (Wildman–Crippen LogP) is 3.38. The van der Waals surface area contributed by atoms with E-state index in [-0.39, 0.29) is 17.5 Å². The molecule has 1 aliphatic rings. The van der Waals surface area contributed by atoms with Crippen molar-refractivity contribution in [1.29, 1.82) is 0 Å². The molecule has 0 bridgehead atoms. The van der Waals surface area contributed by atoms with Crippen molar-refractivity contribution < 1.29 is 9.59 Å². The number of urea groups is 1. The molecular formula is C19H26N4O3S2. The van der Waals surface area contributed by atoms with Crippen molar-refractivity contribution in [1.82, 2.24) is 20.6 Å². The van der Waals surface area contributed by atoms with Crippen LogP contribution in [-0.2, 0) is 10.5 Å². The Morgan fingerprint density at radius 3 is 2.71 bits per heavy atom. The average molecular weight is 423 g/mol. The summed E-state index contributed by atoms with van der Waals surface area (Å²) in [5.41, 5.74) is 0.816. The Labute approximate surface area is 172 Å². The number of nitrogens with zero attached hydrogens (tertiary/aromatic N) is 1. The van der Waals surface area contributed by atoms with E-state index in [0.717, 1.165) is 41.0 Å². The second-order valence-corrected chi connectivity index (χ2v) is 9.76. The topological polar surface area (TPSA) is 104 Å². The third-order valence-corrected chi connectivity index (χ3v) is 7.36. The van der Waals surface area contributed by atoms with Crippen LogP contribution in [0, 0.1) is 13.8 Å². The summed E-state index contributed by atoms with van der Waals surface area (Å²) in [6, 6.07) is -0.273. The van der Waals surface area contributed by atoms with Crippen molar-refractivity contribution in [3.63, 3.8) is 0 Å². The Balaban J connectivity index is 1.53. The Bertz CT molecular complexity index is 931. The molecule has 1 saturated carbocycles. The zero-order valence-electron chi connectivity index (χ0n) is 16.4. The molecule has 3 N–H and O–H groups in total. The summed E-state index contributed by atoms with van der Waals surface area (Å²) in [7, 11) is 0. The molecule has 3 rings (SSSR count). The lowest BCUT2D eigenvalue weighted by molar-refractivity contribution is -0.119. The van der Waals surface area contributed by atoms with Crippen LogP contribution in [0.25, 0.3) is 10.2 Å². The highest BCUT2D eigenvalue weighted by atomic mass is 32.2. The molecule has 0 unspecified atom stereocenters. The van der Waals surface area contributed by atoms with E-state index in [9.17, 15) is 14.4 Å². The number of aryl methyl sites for hydroxylation is 2. The maximum atomic E-state index is 12.3. The van der Waals surface area contributed by atoms with Crippen LogP contribution >= 0.6 is 23.1 Å². The molecule has 0 radical (unpaired) electrons. The van der Waals surface area contributed by atoms with E-state index in [2.05, 4.69) is 20.6 Å². The second kappa shape index (κ2) is 9.09. The molecule has 0 saturated heterocycles. The van der Waals surface area contributed by atoms with Gasteiger partial charge in [0.05, 0.1) is 16.4 Å². The first-order chi connectivity index (χ1) is 13.3. The van der Waals surface area contributed by atoms with Crippen molar-refractivity contribution in [2.45, 2.75) is 69.9 Å². The van der Waals surface area contributed by atoms with Gasteiger partial charge in [-0.05, 0) is 39.2 Å². The maximum absolute atomic E-state index is 12.3. The lowest BCUT2D eigenvalue weighted by atomic mass is 9.96. The van der Waals surface area contributed by atoms with Gasteiger partial charge < -0.3 is 10.3 Å². The number of thiophene rings is 1. The maximum Gasteiger partial charge on any atom is 0.321 e. The van der Waals surface area contributed by atoms with Gasteiger partial charge in [0.2, 0.25) is 5.91 Å². The second-order valence-electron chi connectivity index (χ2n) is 7.23. The fraction of sp³-hybridized carbons (Fsp3) is 0.579. The number of fused-ring (bicyclic) bond motifs is 1. The van der Waals surface area contributed by atoms with Crippen LogP contribution in [-0.4, -0.2) is 33.2 Å². The Morgan fingerprint density at radius 2 is 2.00 bits per heavy atom. The number of nitrogens with one attached hydrogen (secondary N) is 3. The summed E-state index contributed by atoms with van der Waals surface area (Å²) in [5.74, 6) is 0.583. The van der Waals surface area contributed by atoms with Crippen molar-refractivity contribution in [2.24, 2.45) is 0 Å². The molecule has 9 heteroatoms.